The average molecular weight is 418 g/mol. The van der Waals surface area contributed by atoms with Gasteiger partial charge in [0.1, 0.15) is 5.76 Å². The number of rotatable bonds is 9. The van der Waals surface area contributed by atoms with Gasteiger partial charge in [-0.1, -0.05) is 19.9 Å². The van der Waals surface area contributed by atoms with Gasteiger partial charge in [-0.25, -0.2) is 0 Å². The number of ketones is 1. The Hall–Kier alpha value is -2.83. The first-order valence-corrected chi connectivity index (χ1v) is 10.3. The van der Waals surface area contributed by atoms with Gasteiger partial charge >= 0.3 is 5.97 Å². The van der Waals surface area contributed by atoms with Crippen LogP contribution in [0.25, 0.3) is 0 Å². The highest BCUT2D eigenvalue weighted by molar-refractivity contribution is 6.24. The van der Waals surface area contributed by atoms with E-state index in [-0.39, 0.29) is 41.9 Å². The zero-order valence-corrected chi connectivity index (χ0v) is 18.2. The number of ether oxygens (including phenoxy) is 2. The molecule has 1 fully saturated rings. The van der Waals surface area contributed by atoms with Crippen LogP contribution in [0.1, 0.15) is 52.5 Å². The number of allylic oxidation sites excluding steroid dienone is 2. The number of Topliss-reactive ketones (excluding diaryl/α,β-unsaturated/α-hetero) is 1. The lowest BCUT2D eigenvalue weighted by molar-refractivity contribution is -0.136. The van der Waals surface area contributed by atoms with Crippen molar-refractivity contribution in [3.8, 4) is 11.5 Å². The minimum atomic E-state index is -0.951. The van der Waals surface area contributed by atoms with E-state index in [2.05, 4.69) is 4.99 Å². The first-order chi connectivity index (χ1) is 14.2. The third-order valence-electron chi connectivity index (χ3n) is 4.75. The van der Waals surface area contributed by atoms with Crippen molar-refractivity contribution in [2.75, 3.05) is 19.8 Å². The summed E-state index contributed by atoms with van der Waals surface area (Å²) in [4.78, 5) is 28.0. The van der Waals surface area contributed by atoms with Crippen molar-refractivity contribution in [2.24, 2.45) is 10.4 Å². The molecule has 0 bridgehead atoms. The molecule has 30 heavy (non-hydrogen) atoms. The van der Waals surface area contributed by atoms with Crippen molar-refractivity contribution in [3.63, 3.8) is 0 Å². The Kier molecular flexibility index (Phi) is 8.03. The van der Waals surface area contributed by atoms with Crippen molar-refractivity contribution in [3.05, 3.63) is 35.1 Å². The molecule has 0 amide bonds. The maximum atomic E-state index is 12.8. The fraction of sp³-hybridized carbons (Fsp3) is 0.522. The first-order valence-electron chi connectivity index (χ1n) is 10.3. The molecule has 164 valence electrons. The molecule has 0 atom stereocenters. The topological polar surface area (TPSA) is 105 Å². The number of hydrogen-bond acceptors (Lipinski definition) is 6. The molecule has 7 heteroatoms. The standard InChI is InChI=1S/C23H31NO6/c1-5-29-19-8-7-15(12-20(19)30-6-2)11-17(25)22-16(24-10-9-21(27)28)13-23(3,4)14-18(22)26/h7-8,12,25H,5-6,9-11,13-14H2,1-4H3,(H,27,28). The van der Waals surface area contributed by atoms with E-state index in [0.717, 1.165) is 5.56 Å². The van der Waals surface area contributed by atoms with Crippen LogP contribution in [0.15, 0.2) is 34.5 Å². The zero-order chi connectivity index (χ0) is 22.3. The number of aliphatic carboxylic acids is 1. The third-order valence-corrected chi connectivity index (χ3v) is 4.75. The van der Waals surface area contributed by atoms with Gasteiger partial charge in [0.25, 0.3) is 0 Å². The molecular weight excluding hydrogens is 386 g/mol. The number of aliphatic hydroxyl groups excluding tert-OH is 1. The number of carbonyl (C=O) groups excluding carboxylic acids is 1. The fourth-order valence-corrected chi connectivity index (χ4v) is 3.52. The molecule has 0 heterocycles. The van der Waals surface area contributed by atoms with Gasteiger partial charge in [-0.05, 0) is 43.4 Å². The lowest BCUT2D eigenvalue weighted by atomic mass is 9.73. The predicted molar refractivity (Wildman–Crippen MR) is 115 cm³/mol. The monoisotopic (exact) mass is 417 g/mol. The zero-order valence-electron chi connectivity index (χ0n) is 18.2. The molecule has 1 aromatic rings. The summed E-state index contributed by atoms with van der Waals surface area (Å²) in [6.45, 7) is 8.76. The Bertz CT molecular complexity index is 853. The second-order valence-electron chi connectivity index (χ2n) is 8.06. The van der Waals surface area contributed by atoms with Crippen molar-refractivity contribution in [1.29, 1.82) is 0 Å². The van der Waals surface area contributed by atoms with E-state index >= 15 is 0 Å². The summed E-state index contributed by atoms with van der Waals surface area (Å²) in [7, 11) is 0. The Labute approximate surface area is 177 Å². The molecule has 0 radical (unpaired) electrons. The number of carboxylic acid groups (broad SMARTS) is 1. The molecule has 1 saturated carbocycles. The summed E-state index contributed by atoms with van der Waals surface area (Å²) in [6.07, 6.45) is 0.831. The molecule has 0 aromatic heterocycles. The van der Waals surface area contributed by atoms with Crippen LogP contribution in [0.4, 0.5) is 0 Å². The third kappa shape index (κ3) is 6.34. The maximum absolute atomic E-state index is 12.8. The molecule has 0 spiro atoms. The van der Waals surface area contributed by atoms with Gasteiger partial charge in [0.2, 0.25) is 0 Å². The quantitative estimate of drug-likeness (QED) is 0.462. The van der Waals surface area contributed by atoms with Crippen LogP contribution in [0.2, 0.25) is 0 Å². The SMILES string of the molecule is CCOc1ccc(CC(O)=C2C(=O)CC(C)(C)CC2=NCCC(=O)O)cc1OCC. The molecule has 7 nitrogen and oxygen atoms in total. The van der Waals surface area contributed by atoms with E-state index in [4.69, 9.17) is 14.6 Å². The minimum Gasteiger partial charge on any atom is -0.511 e. The largest absolute Gasteiger partial charge is 0.511 e. The van der Waals surface area contributed by atoms with Crippen LogP contribution >= 0.6 is 0 Å². The molecule has 0 aliphatic heterocycles. The molecule has 1 aliphatic carbocycles. The predicted octanol–water partition coefficient (Wildman–Crippen LogP) is 4.14. The lowest BCUT2D eigenvalue weighted by Crippen LogP contribution is -2.33. The molecule has 1 aromatic carbocycles. The van der Waals surface area contributed by atoms with Crippen molar-refractivity contribution >= 4 is 17.5 Å². The molecule has 1 aliphatic rings. The number of aliphatic imine (C=N–C) groups is 1. The Balaban J connectivity index is 2.36. The van der Waals surface area contributed by atoms with Gasteiger partial charge in [0.05, 0.1) is 25.2 Å². The normalized spacial score (nSPS) is 18.9. The number of carboxylic acids is 1. The van der Waals surface area contributed by atoms with Gasteiger partial charge in [0.15, 0.2) is 17.3 Å². The Morgan fingerprint density at radius 3 is 2.40 bits per heavy atom. The van der Waals surface area contributed by atoms with Gasteiger partial charge in [0, 0.05) is 25.1 Å². The molecule has 2 rings (SSSR count). The van der Waals surface area contributed by atoms with Crippen LogP contribution in [0.5, 0.6) is 11.5 Å². The number of hydrogen-bond donors (Lipinski definition) is 2. The number of nitrogens with zero attached hydrogens (tertiary/aromatic N) is 1. The molecule has 0 saturated heterocycles. The summed E-state index contributed by atoms with van der Waals surface area (Å²) >= 11 is 0. The number of benzene rings is 1. The van der Waals surface area contributed by atoms with Crippen LogP contribution in [-0.2, 0) is 16.0 Å². The van der Waals surface area contributed by atoms with E-state index < -0.39 is 5.97 Å². The van der Waals surface area contributed by atoms with Gasteiger partial charge < -0.3 is 19.7 Å². The van der Waals surface area contributed by atoms with Crippen LogP contribution < -0.4 is 9.47 Å². The Morgan fingerprint density at radius 2 is 1.77 bits per heavy atom. The summed E-state index contributed by atoms with van der Waals surface area (Å²) < 4.78 is 11.2. The average Bonchev–Trinajstić information content (AvgIpc) is 2.62. The first kappa shape index (κ1) is 23.4. The van der Waals surface area contributed by atoms with Gasteiger partial charge in [-0.15, -0.1) is 0 Å². The number of carbonyl (C=O) groups is 2. The number of aliphatic hydroxyl groups is 1. The van der Waals surface area contributed by atoms with E-state index in [1.54, 1.807) is 12.1 Å². The minimum absolute atomic E-state index is 0.0591. The molecular formula is C23H31NO6. The summed E-state index contributed by atoms with van der Waals surface area (Å²) in [5.74, 6) is 0.0288. The van der Waals surface area contributed by atoms with Crippen molar-refractivity contribution < 1.29 is 29.3 Å². The molecule has 0 unspecified atom stereocenters. The van der Waals surface area contributed by atoms with Crippen LogP contribution in [0, 0.1) is 5.41 Å². The van der Waals surface area contributed by atoms with E-state index in [1.165, 1.54) is 0 Å². The highest BCUT2D eigenvalue weighted by atomic mass is 16.5. The highest BCUT2D eigenvalue weighted by Crippen LogP contribution is 2.36. The Morgan fingerprint density at radius 1 is 1.10 bits per heavy atom. The van der Waals surface area contributed by atoms with Crippen molar-refractivity contribution in [1.82, 2.24) is 0 Å². The van der Waals surface area contributed by atoms with Crippen molar-refractivity contribution in [2.45, 2.75) is 53.4 Å². The fourth-order valence-electron chi connectivity index (χ4n) is 3.52. The van der Waals surface area contributed by atoms with Gasteiger partial charge in [-0.3, -0.25) is 14.6 Å². The maximum Gasteiger partial charge on any atom is 0.305 e. The van der Waals surface area contributed by atoms with E-state index in [0.29, 0.717) is 43.3 Å². The van der Waals surface area contributed by atoms with E-state index in [9.17, 15) is 14.7 Å². The summed E-state index contributed by atoms with van der Waals surface area (Å²) in [5.41, 5.74) is 1.18. The van der Waals surface area contributed by atoms with Crippen LogP contribution in [-0.4, -0.2) is 47.4 Å². The van der Waals surface area contributed by atoms with Gasteiger partial charge in [-0.2, -0.15) is 0 Å². The highest BCUT2D eigenvalue weighted by Gasteiger charge is 2.36. The second-order valence-corrected chi connectivity index (χ2v) is 8.06. The van der Waals surface area contributed by atoms with E-state index in [1.807, 2.05) is 33.8 Å². The summed E-state index contributed by atoms with van der Waals surface area (Å²) in [5, 5.41) is 19.7. The lowest BCUT2D eigenvalue weighted by Gasteiger charge is -2.31. The molecule has 2 N–H and O–H groups in total. The summed E-state index contributed by atoms with van der Waals surface area (Å²) in [6, 6.07) is 5.40. The smallest absolute Gasteiger partial charge is 0.305 e. The van der Waals surface area contributed by atoms with Crippen LogP contribution in [0.3, 0.4) is 0 Å². The second kappa shape index (κ2) is 10.3.